The lowest BCUT2D eigenvalue weighted by Gasteiger charge is -2.39. The number of aromatic nitrogens is 2. The van der Waals surface area contributed by atoms with Crippen LogP contribution in [-0.2, 0) is 9.47 Å². The van der Waals surface area contributed by atoms with Gasteiger partial charge in [-0.2, -0.15) is 9.97 Å². The zero-order chi connectivity index (χ0) is 22.6. The Morgan fingerprint density at radius 1 is 0.636 bits per heavy atom. The molecule has 0 aliphatic carbocycles. The summed E-state index contributed by atoms with van der Waals surface area (Å²) in [5.74, 6) is 2.86. The van der Waals surface area contributed by atoms with Gasteiger partial charge in [-0.3, -0.25) is 0 Å². The molecule has 0 bridgehead atoms. The Morgan fingerprint density at radius 3 is 1.61 bits per heavy atom. The Kier molecular flexibility index (Phi) is 6.68. The summed E-state index contributed by atoms with van der Waals surface area (Å²) < 4.78 is 11.3. The number of piperazine rings is 1. The van der Waals surface area contributed by atoms with Crippen molar-refractivity contribution in [3.63, 3.8) is 0 Å². The van der Waals surface area contributed by atoms with Crippen molar-refractivity contribution in [3.05, 3.63) is 30.3 Å². The van der Waals surface area contributed by atoms with Crippen LogP contribution in [0.3, 0.4) is 0 Å². The lowest BCUT2D eigenvalue weighted by molar-refractivity contribution is 0.122. The highest BCUT2D eigenvalue weighted by atomic mass is 16.5. The predicted molar refractivity (Wildman–Crippen MR) is 133 cm³/mol. The molecule has 33 heavy (non-hydrogen) atoms. The smallest absolute Gasteiger partial charge is 0.229 e. The summed E-state index contributed by atoms with van der Waals surface area (Å²) in [7, 11) is 4.18. The molecule has 0 N–H and O–H groups in total. The average Bonchev–Trinajstić information content (AvgIpc) is 2.89. The van der Waals surface area contributed by atoms with Gasteiger partial charge in [0.1, 0.15) is 5.69 Å². The number of hydrogen-bond acceptors (Lipinski definition) is 9. The van der Waals surface area contributed by atoms with E-state index in [0.29, 0.717) is 0 Å². The molecule has 3 aliphatic rings. The van der Waals surface area contributed by atoms with Gasteiger partial charge in [-0.1, -0.05) is 18.2 Å². The summed E-state index contributed by atoms with van der Waals surface area (Å²) in [5.41, 5.74) is 2.37. The van der Waals surface area contributed by atoms with Crippen LogP contribution in [0.2, 0.25) is 0 Å². The molecule has 1 aromatic heterocycles. The van der Waals surface area contributed by atoms with Gasteiger partial charge in [-0.15, -0.1) is 0 Å². The molecule has 4 heterocycles. The molecular formula is C24H35N7O2. The Morgan fingerprint density at radius 2 is 1.12 bits per heavy atom. The normalized spacial score (nSPS) is 19.7. The van der Waals surface area contributed by atoms with Gasteiger partial charge in [-0.25, -0.2) is 0 Å². The van der Waals surface area contributed by atoms with Crippen LogP contribution in [0.1, 0.15) is 0 Å². The van der Waals surface area contributed by atoms with Crippen LogP contribution in [-0.4, -0.2) is 103 Å². The van der Waals surface area contributed by atoms with Gasteiger partial charge < -0.3 is 34.0 Å². The van der Waals surface area contributed by atoms with Crippen molar-refractivity contribution in [3.8, 4) is 0 Å². The standard InChI is InChI=1S/C24H35N7O2/c1-27(2)21-22(29-12-16-32-17-13-29)25-24(26-23(21)30-14-18-33-19-15-30)31-10-8-28(9-11-31)20-6-4-3-5-7-20/h3-7H,8-19H2,1-2H3. The van der Waals surface area contributed by atoms with Gasteiger partial charge in [0.25, 0.3) is 0 Å². The van der Waals surface area contributed by atoms with Gasteiger partial charge in [0, 0.05) is 72.1 Å². The molecule has 0 unspecified atom stereocenters. The number of anilines is 5. The molecule has 5 rings (SSSR count). The third-order valence-corrected chi connectivity index (χ3v) is 6.59. The van der Waals surface area contributed by atoms with Crippen molar-refractivity contribution < 1.29 is 9.47 Å². The van der Waals surface area contributed by atoms with Crippen LogP contribution in [0.4, 0.5) is 29.0 Å². The SMILES string of the molecule is CN(C)c1c(N2CCOCC2)nc(N2CCN(c3ccccc3)CC2)nc1N1CCOCC1. The first-order chi connectivity index (χ1) is 16.2. The fraction of sp³-hybridized carbons (Fsp3) is 0.583. The third kappa shape index (κ3) is 4.79. The lowest BCUT2D eigenvalue weighted by Crippen LogP contribution is -2.47. The van der Waals surface area contributed by atoms with Gasteiger partial charge in [0.2, 0.25) is 5.95 Å². The van der Waals surface area contributed by atoms with E-state index < -0.39 is 0 Å². The molecule has 178 valence electrons. The van der Waals surface area contributed by atoms with E-state index in [1.807, 2.05) is 0 Å². The van der Waals surface area contributed by atoms with Crippen molar-refractivity contribution in [1.29, 1.82) is 0 Å². The first-order valence-corrected chi connectivity index (χ1v) is 12.0. The van der Waals surface area contributed by atoms with Crippen LogP contribution >= 0.6 is 0 Å². The number of benzene rings is 1. The maximum absolute atomic E-state index is 5.63. The monoisotopic (exact) mass is 453 g/mol. The molecule has 0 spiro atoms. The van der Waals surface area contributed by atoms with Gasteiger partial charge in [0.15, 0.2) is 11.6 Å². The van der Waals surface area contributed by atoms with Crippen molar-refractivity contribution >= 4 is 29.0 Å². The van der Waals surface area contributed by atoms with Crippen LogP contribution in [0.25, 0.3) is 0 Å². The second-order valence-corrected chi connectivity index (χ2v) is 8.92. The van der Waals surface area contributed by atoms with E-state index in [-0.39, 0.29) is 0 Å². The first-order valence-electron chi connectivity index (χ1n) is 12.0. The van der Waals surface area contributed by atoms with E-state index in [1.165, 1.54) is 5.69 Å². The van der Waals surface area contributed by atoms with Crippen molar-refractivity contribution in [1.82, 2.24) is 9.97 Å². The van der Waals surface area contributed by atoms with Crippen molar-refractivity contribution in [2.45, 2.75) is 0 Å². The minimum Gasteiger partial charge on any atom is -0.378 e. The Bertz CT molecular complexity index is 867. The Balaban J connectivity index is 1.46. The minimum atomic E-state index is 0.731. The molecule has 9 nitrogen and oxygen atoms in total. The number of ether oxygens (including phenoxy) is 2. The average molecular weight is 454 g/mol. The fourth-order valence-electron chi connectivity index (χ4n) is 4.76. The van der Waals surface area contributed by atoms with E-state index in [4.69, 9.17) is 19.4 Å². The molecule has 2 aromatic rings. The maximum atomic E-state index is 5.63. The summed E-state index contributed by atoms with van der Waals surface area (Å²) in [5, 5.41) is 0. The van der Waals surface area contributed by atoms with E-state index in [9.17, 15) is 0 Å². The number of rotatable bonds is 5. The highest BCUT2D eigenvalue weighted by Gasteiger charge is 2.29. The van der Waals surface area contributed by atoms with E-state index >= 15 is 0 Å². The minimum absolute atomic E-state index is 0.731. The van der Waals surface area contributed by atoms with E-state index in [2.05, 4.69) is 68.9 Å². The molecule has 0 amide bonds. The van der Waals surface area contributed by atoms with Gasteiger partial charge >= 0.3 is 0 Å². The van der Waals surface area contributed by atoms with Gasteiger partial charge in [-0.05, 0) is 12.1 Å². The van der Waals surface area contributed by atoms with Crippen LogP contribution in [0, 0.1) is 0 Å². The fourth-order valence-corrected chi connectivity index (χ4v) is 4.76. The molecule has 9 heteroatoms. The molecule has 0 atom stereocenters. The maximum Gasteiger partial charge on any atom is 0.229 e. The van der Waals surface area contributed by atoms with Crippen molar-refractivity contribution in [2.24, 2.45) is 0 Å². The van der Waals surface area contributed by atoms with E-state index in [1.54, 1.807) is 0 Å². The molecule has 1 aromatic carbocycles. The number of morpholine rings is 2. The van der Waals surface area contributed by atoms with E-state index in [0.717, 1.165) is 102 Å². The summed E-state index contributed by atoms with van der Waals surface area (Å²) in [6.45, 7) is 10.0. The summed E-state index contributed by atoms with van der Waals surface area (Å²) >= 11 is 0. The van der Waals surface area contributed by atoms with Gasteiger partial charge in [0.05, 0.1) is 26.4 Å². The summed E-state index contributed by atoms with van der Waals surface area (Å²) in [4.78, 5) is 22.0. The predicted octanol–water partition coefficient (Wildman–Crippen LogP) is 1.54. The lowest BCUT2D eigenvalue weighted by atomic mass is 10.2. The summed E-state index contributed by atoms with van der Waals surface area (Å²) in [6, 6.07) is 10.7. The zero-order valence-electron chi connectivity index (χ0n) is 19.8. The van der Waals surface area contributed by atoms with Crippen molar-refractivity contribution in [2.75, 3.05) is 117 Å². The summed E-state index contributed by atoms with van der Waals surface area (Å²) in [6.07, 6.45) is 0. The number of para-hydroxylation sites is 1. The highest BCUT2D eigenvalue weighted by Crippen LogP contribution is 2.38. The molecule has 3 saturated heterocycles. The first kappa shape index (κ1) is 22.0. The van der Waals surface area contributed by atoms with Crippen LogP contribution in [0.15, 0.2) is 30.3 Å². The van der Waals surface area contributed by atoms with Crippen LogP contribution in [0.5, 0.6) is 0 Å². The largest absolute Gasteiger partial charge is 0.378 e. The molecule has 0 saturated carbocycles. The third-order valence-electron chi connectivity index (χ3n) is 6.59. The zero-order valence-corrected chi connectivity index (χ0v) is 19.8. The number of hydrogen-bond donors (Lipinski definition) is 0. The molecular weight excluding hydrogens is 418 g/mol. The molecule has 0 radical (unpaired) electrons. The Hall–Kier alpha value is -2.78. The quantitative estimate of drug-likeness (QED) is 0.671. The van der Waals surface area contributed by atoms with Crippen LogP contribution < -0.4 is 24.5 Å². The topological polar surface area (TPSA) is 60.4 Å². The number of nitrogens with zero attached hydrogens (tertiary/aromatic N) is 7. The highest BCUT2D eigenvalue weighted by molar-refractivity contribution is 5.81. The Labute approximate surface area is 196 Å². The molecule has 3 aliphatic heterocycles. The second-order valence-electron chi connectivity index (χ2n) is 8.92. The second kappa shape index (κ2) is 10.0. The molecule has 3 fully saturated rings.